The van der Waals surface area contributed by atoms with E-state index in [2.05, 4.69) is 55.2 Å². The Morgan fingerprint density at radius 3 is 2.39 bits per heavy atom. The van der Waals surface area contributed by atoms with E-state index in [4.69, 9.17) is 19.5 Å². The van der Waals surface area contributed by atoms with E-state index in [0.717, 1.165) is 67.5 Å². The van der Waals surface area contributed by atoms with Crippen molar-refractivity contribution in [1.29, 1.82) is 0 Å². The van der Waals surface area contributed by atoms with Gasteiger partial charge in [0, 0.05) is 30.7 Å². The molecule has 7 rings (SSSR count). The van der Waals surface area contributed by atoms with Gasteiger partial charge in [0.15, 0.2) is 17.7 Å². The van der Waals surface area contributed by atoms with Crippen molar-refractivity contribution in [3.8, 4) is 0 Å². The van der Waals surface area contributed by atoms with Crippen LogP contribution in [0.5, 0.6) is 0 Å². The molecular weight excluding hydrogens is 1120 g/mol. The first kappa shape index (κ1) is 63.8. The van der Waals surface area contributed by atoms with Crippen LogP contribution in [0.4, 0.5) is 5.82 Å². The highest BCUT2D eigenvalue weighted by atomic mass is 32.2. The quantitative estimate of drug-likeness (QED) is 0.0408. The zero-order valence-corrected chi connectivity index (χ0v) is 48.6. The van der Waals surface area contributed by atoms with Crippen molar-refractivity contribution in [3.05, 3.63) is 24.3 Å². The van der Waals surface area contributed by atoms with E-state index in [1.165, 1.54) is 13.8 Å². The number of aliphatic hydroxyl groups is 5. The Balaban J connectivity index is 0.781. The highest BCUT2D eigenvalue weighted by molar-refractivity contribution is 8.14. The predicted octanol–water partition coefficient (Wildman–Crippen LogP) is 2.99. The largest absolute Gasteiger partial charge is 0.481 e. The fourth-order valence-corrected chi connectivity index (χ4v) is 16.9. The SMILES string of the molecule is C/C(=C\CC[C@@H](C)[C@H]1CC[C@H]2[C@@H]3[C@H](O)C[C@@H]4C[C@H](O)CC[C@]4(C)[C@H]3C[C@H](O)[C@]12C)C(=O)SCCNC(=O)CCNC(=O)C(O)C(C)(C)COP(=O)(O)OP(=O)(O)OC[C@H]1O[C@@H](n2cnc3c(N)ncnc32)[C@H](O)[C@@H]1OP(=O)(O)O. The number of phosphoric ester groups is 3. The van der Waals surface area contributed by atoms with Crippen molar-refractivity contribution >= 4 is 69.1 Å². The van der Waals surface area contributed by atoms with E-state index in [1.807, 2.05) is 6.08 Å². The van der Waals surface area contributed by atoms with E-state index in [1.54, 1.807) is 6.92 Å². The number of amides is 2. The van der Waals surface area contributed by atoms with Crippen LogP contribution in [0, 0.1) is 51.8 Å². The van der Waals surface area contributed by atoms with Gasteiger partial charge < -0.3 is 66.2 Å². The zero-order chi connectivity index (χ0) is 58.2. The number of fused-ring (bicyclic) bond motifs is 6. The zero-order valence-electron chi connectivity index (χ0n) is 45.1. The molecule has 0 bridgehead atoms. The summed E-state index contributed by atoms with van der Waals surface area (Å²) in [6.07, 6.45) is 0.951. The lowest BCUT2D eigenvalue weighted by Gasteiger charge is -2.63. The van der Waals surface area contributed by atoms with Crippen molar-refractivity contribution in [1.82, 2.24) is 30.2 Å². The maximum Gasteiger partial charge on any atom is 0.481 e. The molecule has 3 heterocycles. The molecule has 2 aromatic heterocycles. The second-order valence-electron chi connectivity index (χ2n) is 23.2. The third-order valence-corrected chi connectivity index (χ3v) is 21.7. The topological polar surface area (TPSA) is 424 Å². The maximum absolute atomic E-state index is 13.0. The number of nitrogen functional groups attached to an aromatic ring is 1. The lowest BCUT2D eigenvalue weighted by molar-refractivity contribution is -0.207. The summed E-state index contributed by atoms with van der Waals surface area (Å²) in [5.41, 5.74) is 4.54. The molecule has 2 amide bonds. The van der Waals surface area contributed by atoms with Crippen LogP contribution in [-0.2, 0) is 50.7 Å². The van der Waals surface area contributed by atoms with E-state index in [9.17, 15) is 73.2 Å². The fourth-order valence-electron chi connectivity index (χ4n) is 13.4. The number of carbonyl (C=O) groups is 3. The first-order valence-electron chi connectivity index (χ1n) is 26.6. The molecule has 1 aliphatic heterocycles. The number of nitrogens with two attached hydrogens (primary N) is 1. The van der Waals surface area contributed by atoms with Crippen molar-refractivity contribution in [2.45, 2.75) is 155 Å². The summed E-state index contributed by atoms with van der Waals surface area (Å²) in [4.78, 5) is 89.8. The molecule has 3 unspecified atom stereocenters. The monoisotopic (exact) mass is 1200 g/mol. The van der Waals surface area contributed by atoms with Crippen LogP contribution in [0.2, 0.25) is 0 Å². The lowest BCUT2D eigenvalue weighted by atomic mass is 9.43. The Bertz CT molecular complexity index is 2700. The number of hydrogen-bond acceptors (Lipinski definition) is 21. The second kappa shape index (κ2) is 25.2. The van der Waals surface area contributed by atoms with E-state index >= 15 is 0 Å². The van der Waals surface area contributed by atoms with Gasteiger partial charge in [-0.2, -0.15) is 4.31 Å². The van der Waals surface area contributed by atoms with Gasteiger partial charge in [0.1, 0.15) is 36.3 Å². The first-order valence-corrected chi connectivity index (χ1v) is 32.1. The van der Waals surface area contributed by atoms with Crippen LogP contribution < -0.4 is 16.4 Å². The molecule has 0 aromatic carbocycles. The van der Waals surface area contributed by atoms with Gasteiger partial charge in [0.05, 0.1) is 37.9 Å². The summed E-state index contributed by atoms with van der Waals surface area (Å²) in [5.74, 6) is 0.199. The van der Waals surface area contributed by atoms with Gasteiger partial charge in [0.25, 0.3) is 0 Å². The molecule has 27 nitrogen and oxygen atoms in total. The molecule has 13 N–H and O–H groups in total. The Morgan fingerprint density at radius 1 is 0.975 bits per heavy atom. The molecule has 1 saturated heterocycles. The van der Waals surface area contributed by atoms with E-state index in [-0.39, 0.29) is 99.8 Å². The number of thioether (sulfide) groups is 1. The first-order chi connectivity index (χ1) is 36.8. The molecule has 4 aliphatic carbocycles. The van der Waals surface area contributed by atoms with Crippen molar-refractivity contribution in [2.75, 3.05) is 37.8 Å². The summed E-state index contributed by atoms with van der Waals surface area (Å²) >= 11 is 1.06. The molecule has 0 radical (unpaired) electrons. The molecule has 5 fully saturated rings. The molecule has 79 heavy (non-hydrogen) atoms. The van der Waals surface area contributed by atoms with Gasteiger partial charge in [-0.25, -0.2) is 28.6 Å². The predicted molar refractivity (Wildman–Crippen MR) is 283 cm³/mol. The van der Waals surface area contributed by atoms with Crippen LogP contribution >= 0.6 is 35.2 Å². The normalized spacial score (nSPS) is 34.4. The number of nitrogens with one attached hydrogen (secondary N) is 2. The Morgan fingerprint density at radius 2 is 1.68 bits per heavy atom. The number of hydrogen-bond donors (Lipinski definition) is 12. The van der Waals surface area contributed by atoms with E-state index in [0.29, 0.717) is 24.8 Å². The number of allylic oxidation sites excluding steroid dienone is 1. The number of imidazole rings is 1. The Labute approximate surface area is 462 Å². The standard InChI is InChI=1S/C48H78N7O20P3S/c1-25(29-10-11-30-36-31(20-34(58)48(29,30)6)47(5)14-12-28(56)18-27(47)19-32(36)57)8-7-9-26(2)45(63)79-17-16-50-35(59)13-15-51-43(62)40(61)46(3,4)22-72-78(69,70)75-77(67,68)71-21-33-39(74-76(64,65)66)38(60)44(73-33)55-24-54-37-41(49)52-23-53-42(37)55/h9,23-25,27-34,36,38-40,44,56-58,60-61H,7-8,10-22H2,1-6H3,(H,50,59)(H,51,62)(H,67,68)(H,69,70)(H2,49,52,53)(H2,64,65,66)/b26-9+/t25-,27+,28-,29-,30+,31+,32-,33-,34+,36+,38-,39-,40?,44-,47+,48-/m1/s1. The van der Waals surface area contributed by atoms with Gasteiger partial charge >= 0.3 is 23.5 Å². The van der Waals surface area contributed by atoms with E-state index < -0.39 is 96.8 Å². The molecular formula is C48H78N7O20P3S. The minimum absolute atomic E-state index is 0.00939. The van der Waals surface area contributed by atoms with Crippen LogP contribution in [0.25, 0.3) is 11.2 Å². The number of rotatable bonds is 24. The van der Waals surface area contributed by atoms with Crippen molar-refractivity contribution in [3.63, 3.8) is 0 Å². The molecule has 2 aromatic rings. The van der Waals surface area contributed by atoms with Gasteiger partial charge in [-0.05, 0) is 117 Å². The second-order valence-corrected chi connectivity index (χ2v) is 28.5. The summed E-state index contributed by atoms with van der Waals surface area (Å²) in [6.45, 7) is 8.93. The lowest BCUT2D eigenvalue weighted by Crippen LogP contribution is -2.62. The fraction of sp³-hybridized carbons (Fsp3) is 0.792. The Hall–Kier alpha value is -2.82. The minimum atomic E-state index is -5.61. The number of ether oxygens (including phenoxy) is 1. The number of aliphatic hydroxyl groups excluding tert-OH is 5. The third-order valence-electron chi connectivity index (χ3n) is 17.7. The Kier molecular flexibility index (Phi) is 20.3. The minimum Gasteiger partial charge on any atom is -0.393 e. The summed E-state index contributed by atoms with van der Waals surface area (Å²) < 4.78 is 62.8. The number of nitrogens with zero attached hydrogens (tertiary/aromatic N) is 4. The van der Waals surface area contributed by atoms with Crippen LogP contribution in [0.1, 0.15) is 112 Å². The molecule has 5 aliphatic rings. The third kappa shape index (κ3) is 14.6. The van der Waals surface area contributed by atoms with Gasteiger partial charge in [-0.3, -0.25) is 32.5 Å². The number of phosphoric acid groups is 3. The highest BCUT2D eigenvalue weighted by Gasteiger charge is 2.66. The average molecular weight is 1200 g/mol. The van der Waals surface area contributed by atoms with Crippen LogP contribution in [-0.4, -0.2) is 156 Å². The van der Waals surface area contributed by atoms with Crippen LogP contribution in [0.3, 0.4) is 0 Å². The highest BCUT2D eigenvalue weighted by Crippen LogP contribution is 2.68. The molecule has 446 valence electrons. The number of anilines is 1. The van der Waals surface area contributed by atoms with Gasteiger partial charge in [0.2, 0.25) is 16.9 Å². The smallest absolute Gasteiger partial charge is 0.393 e. The molecule has 0 spiro atoms. The van der Waals surface area contributed by atoms with Gasteiger partial charge in [-0.15, -0.1) is 0 Å². The number of carbonyl (C=O) groups excluding carboxylic acids is 3. The average Bonchev–Trinajstić information content (AvgIpc) is 3.87. The van der Waals surface area contributed by atoms with Crippen LogP contribution in [0.15, 0.2) is 24.3 Å². The summed E-state index contributed by atoms with van der Waals surface area (Å²) in [6, 6.07) is 0. The maximum atomic E-state index is 13.0. The summed E-state index contributed by atoms with van der Waals surface area (Å²) in [5, 5.41) is 60.6. The molecule has 18 atom stereocenters. The van der Waals surface area contributed by atoms with Crippen molar-refractivity contribution in [2.24, 2.45) is 51.8 Å². The van der Waals surface area contributed by atoms with Gasteiger partial charge in [-0.1, -0.05) is 52.5 Å². The number of aromatic nitrogens is 4. The molecule has 31 heteroatoms. The molecule has 4 saturated carbocycles. The summed E-state index contributed by atoms with van der Waals surface area (Å²) in [7, 11) is -16.5. The van der Waals surface area contributed by atoms with Crippen molar-refractivity contribution < 1.29 is 95.8 Å².